The number of anilines is 1. The van der Waals surface area contributed by atoms with Crippen LogP contribution < -0.4 is 4.90 Å². The molecule has 2 rings (SSSR count). The van der Waals surface area contributed by atoms with Crippen LogP contribution in [0.2, 0.25) is 4.34 Å². The van der Waals surface area contributed by atoms with Crippen LogP contribution in [0.3, 0.4) is 0 Å². The van der Waals surface area contributed by atoms with Gasteiger partial charge < -0.3 is 10.0 Å². The molecule has 1 N–H and O–H groups in total. The highest BCUT2D eigenvalue weighted by Crippen LogP contribution is 2.29. The first-order valence-corrected chi connectivity index (χ1v) is 7.16. The van der Waals surface area contributed by atoms with Gasteiger partial charge in [-0.2, -0.15) is 0 Å². The summed E-state index contributed by atoms with van der Waals surface area (Å²) in [6, 6.07) is 3.92. The molecular formula is C11H13ClN2OS2. The summed E-state index contributed by atoms with van der Waals surface area (Å²) in [6.45, 7) is 2.53. The normalized spacial score (nSPS) is 12.7. The third-order valence-electron chi connectivity index (χ3n) is 2.27. The Morgan fingerprint density at radius 2 is 2.24 bits per heavy atom. The van der Waals surface area contributed by atoms with Crippen LogP contribution in [0.1, 0.15) is 22.8 Å². The molecule has 0 aliphatic carbocycles. The second-order valence-corrected chi connectivity index (χ2v) is 6.62. The highest BCUT2D eigenvalue weighted by molar-refractivity contribution is 7.16. The lowest BCUT2D eigenvalue weighted by Gasteiger charge is -2.14. The smallest absolute Gasteiger partial charge is 0.185 e. The van der Waals surface area contributed by atoms with Crippen molar-refractivity contribution in [1.29, 1.82) is 0 Å². The minimum Gasteiger partial charge on any atom is -0.388 e. The lowest BCUT2D eigenvalue weighted by molar-refractivity contribution is 0.203. The first-order valence-electron chi connectivity index (χ1n) is 5.15. The van der Waals surface area contributed by atoms with E-state index >= 15 is 0 Å². The van der Waals surface area contributed by atoms with Crippen LogP contribution in [0.4, 0.5) is 5.13 Å². The molecule has 1 atom stereocenters. The van der Waals surface area contributed by atoms with Gasteiger partial charge in [-0.15, -0.1) is 11.3 Å². The zero-order valence-corrected chi connectivity index (χ0v) is 11.9. The summed E-state index contributed by atoms with van der Waals surface area (Å²) in [5.41, 5.74) is 0. The molecule has 0 aromatic carbocycles. The van der Waals surface area contributed by atoms with Crippen molar-refractivity contribution in [3.63, 3.8) is 0 Å². The molecule has 0 fully saturated rings. The molecule has 0 saturated heterocycles. The SMILES string of the molecule is CC(O)c1cnc(N(C)Cc2ccc(Cl)s2)s1. The Balaban J connectivity index is 2.06. The summed E-state index contributed by atoms with van der Waals surface area (Å²) in [7, 11) is 1.98. The second kappa shape index (κ2) is 5.35. The van der Waals surface area contributed by atoms with Crippen LogP contribution in [-0.2, 0) is 6.54 Å². The van der Waals surface area contributed by atoms with Crippen molar-refractivity contribution in [2.75, 3.05) is 11.9 Å². The molecule has 92 valence electrons. The lowest BCUT2D eigenvalue weighted by atomic mass is 10.4. The minimum atomic E-state index is -0.453. The van der Waals surface area contributed by atoms with Crippen LogP contribution >= 0.6 is 34.3 Å². The van der Waals surface area contributed by atoms with Gasteiger partial charge >= 0.3 is 0 Å². The number of thiazole rings is 1. The van der Waals surface area contributed by atoms with Crippen LogP contribution in [0, 0.1) is 0 Å². The minimum absolute atomic E-state index is 0.453. The average molecular weight is 289 g/mol. The topological polar surface area (TPSA) is 36.4 Å². The number of halogens is 1. The van der Waals surface area contributed by atoms with Gasteiger partial charge in [0.2, 0.25) is 0 Å². The van der Waals surface area contributed by atoms with E-state index in [1.54, 1.807) is 24.5 Å². The Bertz CT molecular complexity index is 495. The maximum absolute atomic E-state index is 9.45. The van der Waals surface area contributed by atoms with E-state index in [2.05, 4.69) is 9.88 Å². The molecule has 0 bridgehead atoms. The summed E-state index contributed by atoms with van der Waals surface area (Å²) in [5.74, 6) is 0. The third kappa shape index (κ3) is 3.19. The quantitative estimate of drug-likeness (QED) is 0.935. The highest BCUT2D eigenvalue weighted by Gasteiger charge is 2.11. The summed E-state index contributed by atoms with van der Waals surface area (Å²) in [4.78, 5) is 8.44. The lowest BCUT2D eigenvalue weighted by Crippen LogP contribution is -2.14. The predicted molar refractivity (Wildman–Crippen MR) is 74.2 cm³/mol. The average Bonchev–Trinajstić information content (AvgIpc) is 2.86. The van der Waals surface area contributed by atoms with Gasteiger partial charge in [0.25, 0.3) is 0 Å². The molecule has 2 aromatic heterocycles. The van der Waals surface area contributed by atoms with Crippen LogP contribution in [0.25, 0.3) is 0 Å². The Morgan fingerprint density at radius 3 is 2.76 bits per heavy atom. The molecular weight excluding hydrogens is 276 g/mol. The largest absolute Gasteiger partial charge is 0.388 e. The fourth-order valence-electron chi connectivity index (χ4n) is 1.38. The van der Waals surface area contributed by atoms with Crippen molar-refractivity contribution < 1.29 is 5.11 Å². The van der Waals surface area contributed by atoms with Crippen molar-refractivity contribution in [2.24, 2.45) is 0 Å². The van der Waals surface area contributed by atoms with Gasteiger partial charge in [0, 0.05) is 18.1 Å². The van der Waals surface area contributed by atoms with Crippen molar-refractivity contribution in [1.82, 2.24) is 4.98 Å². The van der Waals surface area contributed by atoms with Crippen molar-refractivity contribution in [2.45, 2.75) is 19.6 Å². The van der Waals surface area contributed by atoms with E-state index in [0.717, 1.165) is 20.9 Å². The molecule has 0 saturated carbocycles. The third-order valence-corrected chi connectivity index (χ3v) is 4.77. The molecule has 0 amide bonds. The monoisotopic (exact) mass is 288 g/mol. The maximum atomic E-state index is 9.45. The van der Waals surface area contributed by atoms with Crippen LogP contribution in [0.15, 0.2) is 18.3 Å². The van der Waals surface area contributed by atoms with E-state index < -0.39 is 6.10 Å². The van der Waals surface area contributed by atoms with Crippen LogP contribution in [-0.4, -0.2) is 17.1 Å². The number of thiophene rings is 1. The summed E-state index contributed by atoms with van der Waals surface area (Å²) >= 11 is 8.98. The number of hydrogen-bond donors (Lipinski definition) is 1. The zero-order chi connectivity index (χ0) is 12.4. The van der Waals surface area contributed by atoms with Gasteiger partial charge in [-0.05, 0) is 19.1 Å². The Labute approximate surface area is 113 Å². The molecule has 6 heteroatoms. The summed E-state index contributed by atoms with van der Waals surface area (Å²) in [6.07, 6.45) is 1.27. The standard InChI is InChI=1S/C11H13ClN2OS2/c1-7(15)9-5-13-11(17-9)14(2)6-8-3-4-10(12)16-8/h3-5,7,15H,6H2,1-2H3. The number of aliphatic hydroxyl groups excluding tert-OH is 1. The van der Waals surface area contributed by atoms with E-state index in [-0.39, 0.29) is 0 Å². The fourth-order valence-corrected chi connectivity index (χ4v) is 3.34. The first-order chi connectivity index (χ1) is 8.06. The predicted octanol–water partition coefficient (Wildman–Crippen LogP) is 3.55. The molecule has 0 radical (unpaired) electrons. The Hall–Kier alpha value is -0.620. The Morgan fingerprint density at radius 1 is 1.47 bits per heavy atom. The number of rotatable bonds is 4. The number of aliphatic hydroxyl groups is 1. The molecule has 2 heterocycles. The number of aromatic nitrogens is 1. The van der Waals surface area contributed by atoms with Crippen molar-refractivity contribution >= 4 is 39.4 Å². The van der Waals surface area contributed by atoms with Gasteiger partial charge in [-0.1, -0.05) is 22.9 Å². The van der Waals surface area contributed by atoms with Crippen molar-refractivity contribution in [3.05, 3.63) is 32.4 Å². The first kappa shape index (κ1) is 12.8. The highest BCUT2D eigenvalue weighted by atomic mass is 35.5. The van der Waals surface area contributed by atoms with E-state index in [4.69, 9.17) is 11.6 Å². The summed E-state index contributed by atoms with van der Waals surface area (Å²) in [5, 5.41) is 10.4. The van der Waals surface area contributed by atoms with E-state index in [1.165, 1.54) is 16.2 Å². The molecule has 1 unspecified atom stereocenters. The number of nitrogens with zero attached hydrogens (tertiary/aromatic N) is 2. The molecule has 17 heavy (non-hydrogen) atoms. The van der Waals surface area contributed by atoms with Gasteiger partial charge in [0.1, 0.15) is 0 Å². The molecule has 0 spiro atoms. The fraction of sp³-hybridized carbons (Fsp3) is 0.364. The molecule has 2 aromatic rings. The van der Waals surface area contributed by atoms with E-state index in [0.29, 0.717) is 0 Å². The zero-order valence-electron chi connectivity index (χ0n) is 9.55. The molecule has 3 nitrogen and oxygen atoms in total. The van der Waals surface area contributed by atoms with Gasteiger partial charge in [-0.3, -0.25) is 0 Å². The molecule has 0 aliphatic rings. The Kier molecular flexibility index (Phi) is 4.04. The van der Waals surface area contributed by atoms with E-state index in [9.17, 15) is 5.11 Å². The van der Waals surface area contributed by atoms with Gasteiger partial charge in [-0.25, -0.2) is 4.98 Å². The van der Waals surface area contributed by atoms with Gasteiger partial charge in [0.05, 0.1) is 21.9 Å². The van der Waals surface area contributed by atoms with Crippen LogP contribution in [0.5, 0.6) is 0 Å². The number of hydrogen-bond acceptors (Lipinski definition) is 5. The van der Waals surface area contributed by atoms with E-state index in [1.807, 2.05) is 19.2 Å². The molecule has 0 aliphatic heterocycles. The maximum Gasteiger partial charge on any atom is 0.185 e. The summed E-state index contributed by atoms with van der Waals surface area (Å²) < 4.78 is 0.803. The second-order valence-electron chi connectivity index (χ2n) is 3.78. The van der Waals surface area contributed by atoms with Crippen molar-refractivity contribution in [3.8, 4) is 0 Å². The van der Waals surface area contributed by atoms with Gasteiger partial charge in [0.15, 0.2) is 5.13 Å².